The van der Waals surface area contributed by atoms with Crippen molar-refractivity contribution in [1.82, 2.24) is 4.90 Å². The molecule has 1 aromatic rings. The highest BCUT2D eigenvalue weighted by Crippen LogP contribution is 2.43. The number of ether oxygens (including phenoxy) is 1. The molecule has 1 aliphatic rings. The molecule has 1 unspecified atom stereocenters. The predicted octanol–water partition coefficient (Wildman–Crippen LogP) is 4.73. The summed E-state index contributed by atoms with van der Waals surface area (Å²) in [6.07, 6.45) is 2.09. The van der Waals surface area contributed by atoms with Gasteiger partial charge in [-0.15, -0.1) is 0 Å². The number of hydrogen-bond donors (Lipinski definition) is 1. The van der Waals surface area contributed by atoms with Crippen LogP contribution in [0.2, 0.25) is 5.02 Å². The number of piperidine rings is 1. The van der Waals surface area contributed by atoms with Gasteiger partial charge in [0.15, 0.2) is 0 Å². The average molecular weight is 385 g/mol. The highest BCUT2D eigenvalue weighted by atomic mass is 35.5. The van der Waals surface area contributed by atoms with E-state index in [1.807, 2.05) is 27.7 Å². The fourth-order valence-electron chi connectivity index (χ4n) is 3.54. The molecule has 0 spiro atoms. The van der Waals surface area contributed by atoms with Gasteiger partial charge in [-0.05, 0) is 52.2 Å². The van der Waals surface area contributed by atoms with Crippen molar-refractivity contribution in [3.8, 4) is 0 Å². The normalized spacial score (nSPS) is 20.6. The Hall–Kier alpha value is -1.82. The number of rotatable bonds is 4. The van der Waals surface area contributed by atoms with E-state index in [1.165, 1.54) is 6.07 Å². The topological polar surface area (TPSA) is 58.6 Å². The number of amides is 2. The Morgan fingerprint density at radius 1 is 1.46 bits per heavy atom. The zero-order valence-corrected chi connectivity index (χ0v) is 16.5. The van der Waals surface area contributed by atoms with E-state index in [1.54, 1.807) is 11.0 Å². The van der Waals surface area contributed by atoms with Crippen molar-refractivity contribution in [2.24, 2.45) is 0 Å². The lowest BCUT2D eigenvalue weighted by molar-refractivity contribution is -0.105. The van der Waals surface area contributed by atoms with Gasteiger partial charge in [0.1, 0.15) is 11.4 Å². The second-order valence-electron chi connectivity index (χ2n) is 7.69. The third-order valence-corrected chi connectivity index (χ3v) is 5.04. The molecule has 144 valence electrons. The molecule has 1 N–H and O–H groups in total. The SMILES string of the molecule is CCC1(c2c(NC=O)ccc(Cl)c2F)CCCN(C(=O)OC(C)(C)C)C1. The van der Waals surface area contributed by atoms with Crippen molar-refractivity contribution >= 4 is 29.8 Å². The molecule has 1 fully saturated rings. The number of carbonyl (C=O) groups is 2. The van der Waals surface area contributed by atoms with Gasteiger partial charge in [-0.1, -0.05) is 18.5 Å². The molecule has 1 aliphatic heterocycles. The van der Waals surface area contributed by atoms with E-state index in [9.17, 15) is 14.0 Å². The standard InChI is InChI=1S/C19H26ClFN2O3/c1-5-19(15-14(22-12-24)8-7-13(20)16(15)21)9-6-10-23(11-19)17(25)26-18(2,3)4/h7-8,12H,5-6,9-11H2,1-4H3,(H,22,24). The van der Waals surface area contributed by atoms with Crippen LogP contribution < -0.4 is 5.32 Å². The number of halogens is 2. The zero-order valence-electron chi connectivity index (χ0n) is 15.7. The Labute approximate surface area is 158 Å². The second kappa shape index (κ2) is 7.82. The quantitative estimate of drug-likeness (QED) is 0.763. The summed E-state index contributed by atoms with van der Waals surface area (Å²) in [5, 5.41) is 2.57. The molecule has 1 heterocycles. The molecule has 7 heteroatoms. The van der Waals surface area contributed by atoms with Crippen LogP contribution >= 0.6 is 11.6 Å². The second-order valence-corrected chi connectivity index (χ2v) is 8.09. The highest BCUT2D eigenvalue weighted by molar-refractivity contribution is 6.31. The first-order valence-corrected chi connectivity index (χ1v) is 9.18. The lowest BCUT2D eigenvalue weighted by atomic mass is 9.71. The van der Waals surface area contributed by atoms with Crippen molar-refractivity contribution in [3.05, 3.63) is 28.5 Å². The van der Waals surface area contributed by atoms with Gasteiger partial charge in [0.05, 0.1) is 5.02 Å². The maximum Gasteiger partial charge on any atom is 0.410 e. The Bertz CT molecular complexity index is 690. The van der Waals surface area contributed by atoms with Crippen LogP contribution in [0.25, 0.3) is 0 Å². The first-order valence-electron chi connectivity index (χ1n) is 8.80. The van der Waals surface area contributed by atoms with Gasteiger partial charge in [-0.3, -0.25) is 4.79 Å². The number of carbonyl (C=O) groups excluding carboxylic acids is 2. The predicted molar refractivity (Wildman–Crippen MR) is 100 cm³/mol. The number of nitrogens with zero attached hydrogens (tertiary/aromatic N) is 1. The van der Waals surface area contributed by atoms with Crippen molar-refractivity contribution in [2.45, 2.75) is 58.0 Å². The van der Waals surface area contributed by atoms with Gasteiger partial charge in [-0.2, -0.15) is 0 Å². The summed E-state index contributed by atoms with van der Waals surface area (Å²) in [6.45, 7) is 8.24. The number of likely N-dealkylation sites (tertiary alicyclic amines) is 1. The van der Waals surface area contributed by atoms with Crippen molar-refractivity contribution < 1.29 is 18.7 Å². The molecular weight excluding hydrogens is 359 g/mol. The summed E-state index contributed by atoms with van der Waals surface area (Å²) >= 11 is 6.01. The molecular formula is C19H26ClFN2O3. The fourth-order valence-corrected chi connectivity index (χ4v) is 3.69. The van der Waals surface area contributed by atoms with Gasteiger partial charge < -0.3 is 15.0 Å². The minimum absolute atomic E-state index is 0.00124. The number of anilines is 1. The molecule has 5 nitrogen and oxygen atoms in total. The van der Waals surface area contributed by atoms with Crippen molar-refractivity contribution in [2.75, 3.05) is 18.4 Å². The van der Waals surface area contributed by atoms with Gasteiger partial charge in [0.2, 0.25) is 6.41 Å². The Morgan fingerprint density at radius 3 is 2.73 bits per heavy atom. The molecule has 1 aromatic carbocycles. The van der Waals surface area contributed by atoms with Gasteiger partial charge in [0, 0.05) is 29.8 Å². The Morgan fingerprint density at radius 2 is 2.15 bits per heavy atom. The van der Waals surface area contributed by atoms with Gasteiger partial charge in [-0.25, -0.2) is 9.18 Å². The largest absolute Gasteiger partial charge is 0.444 e. The lowest BCUT2D eigenvalue weighted by Gasteiger charge is -2.43. The molecule has 1 saturated heterocycles. The first kappa shape index (κ1) is 20.5. The number of benzene rings is 1. The minimum Gasteiger partial charge on any atom is -0.444 e. The lowest BCUT2D eigenvalue weighted by Crippen LogP contribution is -2.50. The van der Waals surface area contributed by atoms with E-state index in [4.69, 9.17) is 16.3 Å². The zero-order chi connectivity index (χ0) is 19.5. The van der Waals surface area contributed by atoms with Crippen LogP contribution in [0.4, 0.5) is 14.9 Å². The molecule has 0 radical (unpaired) electrons. The van der Waals surface area contributed by atoms with Gasteiger partial charge >= 0.3 is 6.09 Å². The highest BCUT2D eigenvalue weighted by Gasteiger charge is 2.42. The Balaban J connectivity index is 2.44. The van der Waals surface area contributed by atoms with Crippen LogP contribution in [0.15, 0.2) is 12.1 Å². The first-order chi connectivity index (χ1) is 12.1. The summed E-state index contributed by atoms with van der Waals surface area (Å²) in [5.41, 5.74) is -0.507. The minimum atomic E-state index is -0.643. The van der Waals surface area contributed by atoms with Crippen molar-refractivity contribution in [1.29, 1.82) is 0 Å². The van der Waals surface area contributed by atoms with Crippen LogP contribution in [-0.4, -0.2) is 36.1 Å². The smallest absolute Gasteiger partial charge is 0.410 e. The number of hydrogen-bond acceptors (Lipinski definition) is 3. The summed E-state index contributed by atoms with van der Waals surface area (Å²) in [6, 6.07) is 3.02. The van der Waals surface area contributed by atoms with E-state index in [0.29, 0.717) is 50.0 Å². The maximum absolute atomic E-state index is 15.0. The van der Waals surface area contributed by atoms with Crippen LogP contribution in [0.1, 0.15) is 52.5 Å². The monoisotopic (exact) mass is 384 g/mol. The molecule has 1 atom stereocenters. The summed E-state index contributed by atoms with van der Waals surface area (Å²) in [7, 11) is 0. The van der Waals surface area contributed by atoms with Crippen LogP contribution in [0.5, 0.6) is 0 Å². The third kappa shape index (κ3) is 4.29. The molecule has 0 aliphatic carbocycles. The van der Waals surface area contributed by atoms with E-state index < -0.39 is 22.9 Å². The van der Waals surface area contributed by atoms with Crippen LogP contribution in [-0.2, 0) is 14.9 Å². The van der Waals surface area contributed by atoms with E-state index >= 15 is 0 Å². The maximum atomic E-state index is 15.0. The molecule has 0 saturated carbocycles. The summed E-state index contributed by atoms with van der Waals surface area (Å²) < 4.78 is 20.5. The van der Waals surface area contributed by atoms with Crippen LogP contribution in [0.3, 0.4) is 0 Å². The summed E-state index contributed by atoms with van der Waals surface area (Å²) in [5.74, 6) is -0.550. The molecule has 2 rings (SSSR count). The Kier molecular flexibility index (Phi) is 6.17. The van der Waals surface area contributed by atoms with Crippen LogP contribution in [0, 0.1) is 5.82 Å². The molecule has 26 heavy (non-hydrogen) atoms. The third-order valence-electron chi connectivity index (χ3n) is 4.74. The van der Waals surface area contributed by atoms with Gasteiger partial charge in [0.25, 0.3) is 0 Å². The molecule has 2 amide bonds. The fraction of sp³-hybridized carbons (Fsp3) is 0.579. The van der Waals surface area contributed by atoms with E-state index in [2.05, 4.69) is 5.32 Å². The van der Waals surface area contributed by atoms with E-state index in [-0.39, 0.29) is 5.02 Å². The molecule has 0 bridgehead atoms. The van der Waals surface area contributed by atoms with E-state index in [0.717, 1.165) is 0 Å². The average Bonchev–Trinajstić information content (AvgIpc) is 2.57. The summed E-state index contributed by atoms with van der Waals surface area (Å²) in [4.78, 5) is 25.1. The van der Waals surface area contributed by atoms with Crippen molar-refractivity contribution in [3.63, 3.8) is 0 Å². The number of nitrogens with one attached hydrogen (secondary N) is 1. The molecule has 0 aromatic heterocycles.